The maximum Gasteiger partial charge on any atom is 0.173 e. The van der Waals surface area contributed by atoms with Crippen molar-refractivity contribution in [3.63, 3.8) is 0 Å². The summed E-state index contributed by atoms with van der Waals surface area (Å²) in [7, 11) is 1.66. The molecule has 0 amide bonds. The Balaban J connectivity index is 2.03. The van der Waals surface area contributed by atoms with E-state index in [0.717, 1.165) is 18.7 Å². The highest BCUT2D eigenvalue weighted by Gasteiger charge is 2.16. The summed E-state index contributed by atoms with van der Waals surface area (Å²) in [6, 6.07) is 12.7. The third-order valence-corrected chi connectivity index (χ3v) is 4.62. The molecule has 0 spiro atoms. The van der Waals surface area contributed by atoms with Crippen LogP contribution in [0.5, 0.6) is 5.75 Å². The lowest BCUT2D eigenvalue weighted by Gasteiger charge is -2.31. The van der Waals surface area contributed by atoms with Crippen LogP contribution in [0.3, 0.4) is 0 Å². The van der Waals surface area contributed by atoms with Gasteiger partial charge in [0.05, 0.1) is 12.1 Å². The first-order valence-electron chi connectivity index (χ1n) is 8.10. The van der Waals surface area contributed by atoms with Crippen molar-refractivity contribution >= 4 is 34.6 Å². The molecule has 1 atom stereocenters. The molecule has 0 fully saturated rings. The SMILES string of the molecule is CCN(C(=S)Nc1ccc(F)c(Cl)c1)C(C)Cc1ccc(OC)cc1. The van der Waals surface area contributed by atoms with Crippen LogP contribution in [0.1, 0.15) is 19.4 Å². The van der Waals surface area contributed by atoms with E-state index in [1.54, 1.807) is 13.2 Å². The number of nitrogens with zero attached hydrogens (tertiary/aromatic N) is 1. The third kappa shape index (κ3) is 5.31. The van der Waals surface area contributed by atoms with Gasteiger partial charge in [0, 0.05) is 18.3 Å². The smallest absolute Gasteiger partial charge is 0.173 e. The molecule has 3 nitrogen and oxygen atoms in total. The summed E-state index contributed by atoms with van der Waals surface area (Å²) in [4.78, 5) is 2.09. The van der Waals surface area contributed by atoms with E-state index in [1.807, 2.05) is 12.1 Å². The van der Waals surface area contributed by atoms with Gasteiger partial charge in [-0.05, 0) is 68.4 Å². The zero-order chi connectivity index (χ0) is 18.4. The van der Waals surface area contributed by atoms with Gasteiger partial charge in [0.1, 0.15) is 11.6 Å². The normalized spacial score (nSPS) is 11.7. The molecule has 0 heterocycles. The number of hydrogen-bond donors (Lipinski definition) is 1. The molecule has 1 unspecified atom stereocenters. The van der Waals surface area contributed by atoms with Gasteiger partial charge in [0.2, 0.25) is 0 Å². The van der Waals surface area contributed by atoms with E-state index in [0.29, 0.717) is 10.8 Å². The van der Waals surface area contributed by atoms with Crippen molar-refractivity contribution in [1.29, 1.82) is 0 Å². The topological polar surface area (TPSA) is 24.5 Å². The van der Waals surface area contributed by atoms with Gasteiger partial charge in [0.15, 0.2) is 5.11 Å². The lowest BCUT2D eigenvalue weighted by molar-refractivity contribution is 0.347. The predicted molar refractivity (Wildman–Crippen MR) is 106 cm³/mol. The molecule has 0 aliphatic heterocycles. The van der Waals surface area contributed by atoms with E-state index in [2.05, 4.69) is 36.2 Å². The molecular weight excluding hydrogens is 359 g/mol. The van der Waals surface area contributed by atoms with E-state index in [9.17, 15) is 4.39 Å². The fraction of sp³-hybridized carbons (Fsp3) is 0.316. The third-order valence-electron chi connectivity index (χ3n) is 3.99. The fourth-order valence-electron chi connectivity index (χ4n) is 2.64. The quantitative estimate of drug-likeness (QED) is 0.701. The minimum Gasteiger partial charge on any atom is -0.497 e. The number of ether oxygens (including phenoxy) is 1. The number of methoxy groups -OCH3 is 1. The minimum atomic E-state index is -0.446. The van der Waals surface area contributed by atoms with Crippen LogP contribution in [0, 0.1) is 5.82 Å². The van der Waals surface area contributed by atoms with Crippen LogP contribution in [-0.4, -0.2) is 29.7 Å². The Morgan fingerprint density at radius 1 is 1.28 bits per heavy atom. The molecule has 25 heavy (non-hydrogen) atoms. The molecule has 2 aromatic rings. The summed E-state index contributed by atoms with van der Waals surface area (Å²) in [6.07, 6.45) is 0.851. The second-order valence-corrected chi connectivity index (χ2v) is 6.54. The number of anilines is 1. The first-order valence-corrected chi connectivity index (χ1v) is 8.88. The van der Waals surface area contributed by atoms with Crippen LogP contribution in [0.2, 0.25) is 5.02 Å². The molecule has 0 radical (unpaired) electrons. The van der Waals surface area contributed by atoms with Gasteiger partial charge in [-0.1, -0.05) is 23.7 Å². The number of thiocarbonyl (C=S) groups is 1. The highest BCUT2D eigenvalue weighted by atomic mass is 35.5. The average molecular weight is 381 g/mol. The number of rotatable bonds is 6. The minimum absolute atomic E-state index is 0.0714. The molecule has 0 aromatic heterocycles. The van der Waals surface area contributed by atoms with Crippen LogP contribution >= 0.6 is 23.8 Å². The molecule has 0 aliphatic carbocycles. The predicted octanol–water partition coefficient (Wildman–Crippen LogP) is 5.14. The van der Waals surface area contributed by atoms with Gasteiger partial charge in [-0.2, -0.15) is 0 Å². The maximum absolute atomic E-state index is 13.3. The van der Waals surface area contributed by atoms with E-state index in [-0.39, 0.29) is 11.1 Å². The number of benzene rings is 2. The Morgan fingerprint density at radius 2 is 1.96 bits per heavy atom. The molecule has 0 bridgehead atoms. The Morgan fingerprint density at radius 3 is 2.52 bits per heavy atom. The van der Waals surface area contributed by atoms with Crippen molar-refractivity contribution in [2.45, 2.75) is 26.3 Å². The second-order valence-electron chi connectivity index (χ2n) is 5.75. The molecule has 2 rings (SSSR count). The van der Waals surface area contributed by atoms with Gasteiger partial charge < -0.3 is 15.0 Å². The average Bonchev–Trinajstić information content (AvgIpc) is 2.59. The van der Waals surface area contributed by atoms with Gasteiger partial charge in [0.25, 0.3) is 0 Å². The van der Waals surface area contributed by atoms with E-state index < -0.39 is 5.82 Å². The van der Waals surface area contributed by atoms with Crippen LogP contribution in [-0.2, 0) is 6.42 Å². The molecule has 0 aliphatic rings. The first-order chi connectivity index (χ1) is 11.9. The van der Waals surface area contributed by atoms with Gasteiger partial charge in [-0.15, -0.1) is 0 Å². The Labute approximate surface area is 158 Å². The summed E-state index contributed by atoms with van der Waals surface area (Å²) in [5.41, 5.74) is 1.88. The lowest BCUT2D eigenvalue weighted by atomic mass is 10.1. The van der Waals surface area contributed by atoms with Crippen LogP contribution < -0.4 is 10.1 Å². The maximum atomic E-state index is 13.3. The monoisotopic (exact) mass is 380 g/mol. The summed E-state index contributed by atoms with van der Waals surface area (Å²) in [6.45, 7) is 4.94. The molecular formula is C19H22ClFN2OS. The van der Waals surface area contributed by atoms with Crippen molar-refractivity contribution in [1.82, 2.24) is 4.90 Å². The summed E-state index contributed by atoms with van der Waals surface area (Å²) < 4.78 is 18.5. The van der Waals surface area contributed by atoms with Gasteiger partial charge >= 0.3 is 0 Å². The van der Waals surface area contributed by atoms with E-state index >= 15 is 0 Å². The van der Waals surface area contributed by atoms with Gasteiger partial charge in [-0.25, -0.2) is 4.39 Å². The summed E-state index contributed by atoms with van der Waals surface area (Å²) >= 11 is 11.3. The van der Waals surface area contributed by atoms with Crippen LogP contribution in [0.15, 0.2) is 42.5 Å². The van der Waals surface area contributed by atoms with Crippen molar-refractivity contribution in [3.05, 3.63) is 58.9 Å². The highest BCUT2D eigenvalue weighted by molar-refractivity contribution is 7.80. The second kappa shape index (κ2) is 9.02. The number of hydrogen-bond acceptors (Lipinski definition) is 2. The number of likely N-dealkylation sites (N-methyl/N-ethyl adjacent to an activating group) is 1. The molecule has 0 saturated heterocycles. The Kier molecular flexibility index (Phi) is 7.02. The van der Waals surface area contributed by atoms with E-state index in [1.165, 1.54) is 17.7 Å². The van der Waals surface area contributed by atoms with Crippen LogP contribution in [0.4, 0.5) is 10.1 Å². The van der Waals surface area contributed by atoms with E-state index in [4.69, 9.17) is 28.6 Å². The van der Waals surface area contributed by atoms with Gasteiger partial charge in [-0.3, -0.25) is 0 Å². The first kappa shape index (κ1) is 19.5. The molecule has 134 valence electrons. The zero-order valence-electron chi connectivity index (χ0n) is 14.6. The fourth-order valence-corrected chi connectivity index (χ4v) is 3.24. The molecule has 1 N–H and O–H groups in total. The Hall–Kier alpha value is -1.85. The molecule has 6 heteroatoms. The van der Waals surface area contributed by atoms with Crippen LogP contribution in [0.25, 0.3) is 0 Å². The summed E-state index contributed by atoms with van der Waals surface area (Å²) in [5.74, 6) is 0.396. The van der Waals surface area contributed by atoms with Crippen molar-refractivity contribution in [3.8, 4) is 5.75 Å². The zero-order valence-corrected chi connectivity index (χ0v) is 16.1. The van der Waals surface area contributed by atoms with Crippen molar-refractivity contribution in [2.24, 2.45) is 0 Å². The largest absolute Gasteiger partial charge is 0.497 e. The summed E-state index contributed by atoms with van der Waals surface area (Å²) in [5, 5.41) is 3.79. The number of halogens is 2. The van der Waals surface area contributed by atoms with Crippen molar-refractivity contribution in [2.75, 3.05) is 19.0 Å². The van der Waals surface area contributed by atoms with Crippen molar-refractivity contribution < 1.29 is 9.13 Å². The molecule has 0 saturated carbocycles. The number of nitrogens with one attached hydrogen (secondary N) is 1. The standard InChI is InChI=1S/C19H22ClFN2OS/c1-4-23(13(2)11-14-5-8-16(24-3)9-6-14)19(25)22-15-7-10-18(21)17(20)12-15/h5-10,12-13H,4,11H2,1-3H3,(H,22,25). The lowest BCUT2D eigenvalue weighted by Crippen LogP contribution is -2.42. The Bertz CT molecular complexity index is 724. The molecule has 2 aromatic carbocycles. The highest BCUT2D eigenvalue weighted by Crippen LogP contribution is 2.20.